The monoisotopic (exact) mass is 342 g/mol. The minimum atomic E-state index is -0.273. The second-order valence-electron chi connectivity index (χ2n) is 5.81. The first-order chi connectivity index (χ1) is 11.7. The van der Waals surface area contributed by atoms with Gasteiger partial charge in [0.05, 0.1) is 6.26 Å². The number of hydrogen-bond donors (Lipinski definition) is 0. The Bertz CT molecular complexity index is 838. The predicted molar refractivity (Wildman–Crippen MR) is 89.1 cm³/mol. The van der Waals surface area contributed by atoms with Gasteiger partial charge in [0.15, 0.2) is 10.8 Å². The number of nitrogens with zero attached hydrogens (tertiary/aromatic N) is 2. The summed E-state index contributed by atoms with van der Waals surface area (Å²) in [4.78, 5) is 19.1. The molecule has 122 valence electrons. The second-order valence-corrected chi connectivity index (χ2v) is 6.66. The normalized spacial score (nSPS) is 13.9. The summed E-state index contributed by atoms with van der Waals surface area (Å²) in [5.74, 6) is 0.303. The van der Waals surface area contributed by atoms with Crippen LogP contribution in [0.1, 0.15) is 28.9 Å². The number of amides is 1. The minimum Gasteiger partial charge on any atom is -0.462 e. The van der Waals surface area contributed by atoms with Crippen LogP contribution in [0.15, 0.2) is 52.5 Å². The van der Waals surface area contributed by atoms with E-state index in [4.69, 9.17) is 4.42 Å². The van der Waals surface area contributed by atoms with Crippen LogP contribution in [0.2, 0.25) is 0 Å². The maximum Gasteiger partial charge on any atom is 0.273 e. The summed E-state index contributed by atoms with van der Waals surface area (Å²) in [5.41, 5.74) is 1.35. The molecule has 0 aliphatic heterocycles. The van der Waals surface area contributed by atoms with Gasteiger partial charge in [0, 0.05) is 18.0 Å². The molecule has 1 aromatic carbocycles. The van der Waals surface area contributed by atoms with Gasteiger partial charge in [-0.25, -0.2) is 9.37 Å². The first-order valence-electron chi connectivity index (χ1n) is 7.75. The number of carbonyl (C=O) groups is 1. The molecule has 0 saturated heterocycles. The van der Waals surface area contributed by atoms with Gasteiger partial charge in [0.2, 0.25) is 0 Å². The van der Waals surface area contributed by atoms with E-state index in [-0.39, 0.29) is 17.8 Å². The van der Waals surface area contributed by atoms with Crippen molar-refractivity contribution in [3.63, 3.8) is 0 Å². The fourth-order valence-electron chi connectivity index (χ4n) is 2.57. The molecule has 2 heterocycles. The smallest absolute Gasteiger partial charge is 0.273 e. The van der Waals surface area contributed by atoms with Crippen molar-refractivity contribution in [3.8, 4) is 10.8 Å². The van der Waals surface area contributed by atoms with E-state index >= 15 is 0 Å². The van der Waals surface area contributed by atoms with E-state index < -0.39 is 0 Å². The summed E-state index contributed by atoms with van der Waals surface area (Å²) in [6.45, 7) is 0.470. The van der Waals surface area contributed by atoms with Crippen molar-refractivity contribution in [2.24, 2.45) is 0 Å². The van der Waals surface area contributed by atoms with E-state index in [9.17, 15) is 9.18 Å². The molecule has 24 heavy (non-hydrogen) atoms. The van der Waals surface area contributed by atoms with Gasteiger partial charge >= 0.3 is 0 Å². The van der Waals surface area contributed by atoms with Crippen molar-refractivity contribution in [3.05, 3.63) is 65.1 Å². The molecule has 0 spiro atoms. The molecule has 2 aromatic heterocycles. The van der Waals surface area contributed by atoms with Crippen LogP contribution in [0, 0.1) is 5.82 Å². The van der Waals surface area contributed by atoms with Gasteiger partial charge in [-0.3, -0.25) is 4.79 Å². The van der Waals surface area contributed by atoms with Crippen LogP contribution in [-0.4, -0.2) is 21.8 Å². The van der Waals surface area contributed by atoms with Crippen molar-refractivity contribution in [1.82, 2.24) is 9.88 Å². The zero-order chi connectivity index (χ0) is 16.5. The number of aromatic nitrogens is 1. The third-order valence-corrected chi connectivity index (χ3v) is 4.83. The van der Waals surface area contributed by atoms with Crippen molar-refractivity contribution in [1.29, 1.82) is 0 Å². The maximum absolute atomic E-state index is 13.1. The van der Waals surface area contributed by atoms with Crippen LogP contribution in [0.25, 0.3) is 10.8 Å². The number of furan rings is 1. The highest BCUT2D eigenvalue weighted by atomic mass is 32.1. The van der Waals surface area contributed by atoms with Crippen molar-refractivity contribution >= 4 is 17.2 Å². The van der Waals surface area contributed by atoms with E-state index in [0.29, 0.717) is 23.0 Å². The number of carbonyl (C=O) groups excluding carboxylic acids is 1. The summed E-state index contributed by atoms with van der Waals surface area (Å²) in [7, 11) is 0. The molecule has 4 nitrogen and oxygen atoms in total. The first kappa shape index (κ1) is 15.1. The molecule has 6 heteroatoms. The van der Waals surface area contributed by atoms with E-state index in [1.54, 1.807) is 29.8 Å². The van der Waals surface area contributed by atoms with Crippen LogP contribution in [-0.2, 0) is 6.54 Å². The molecule has 0 N–H and O–H groups in total. The molecular formula is C18H15FN2O2S. The standard InChI is InChI=1S/C18H15FN2O2S/c19-13-5-3-12(4-6-13)10-21(14-7-8-14)18(22)15-11-24-17(20-15)16-2-1-9-23-16/h1-6,9,11,14H,7-8,10H2. The Labute approximate surface area is 142 Å². The SMILES string of the molecule is O=C(c1csc(-c2ccco2)n1)N(Cc1ccc(F)cc1)C1CC1. The molecule has 0 radical (unpaired) electrons. The molecule has 1 fully saturated rings. The Morgan fingerprint density at radius 2 is 2.08 bits per heavy atom. The summed E-state index contributed by atoms with van der Waals surface area (Å²) >= 11 is 1.39. The molecule has 0 atom stereocenters. The van der Waals surface area contributed by atoms with Gasteiger partial charge in [0.1, 0.15) is 11.5 Å². The lowest BCUT2D eigenvalue weighted by molar-refractivity contribution is 0.0725. The molecular weight excluding hydrogens is 327 g/mol. The summed E-state index contributed by atoms with van der Waals surface area (Å²) < 4.78 is 18.4. The molecule has 1 aliphatic carbocycles. The van der Waals surface area contributed by atoms with Crippen molar-refractivity contribution in [2.75, 3.05) is 0 Å². The lowest BCUT2D eigenvalue weighted by Crippen LogP contribution is -2.32. The number of thiazole rings is 1. The fourth-order valence-corrected chi connectivity index (χ4v) is 3.33. The van der Waals surface area contributed by atoms with Crippen LogP contribution < -0.4 is 0 Å². The Balaban J connectivity index is 1.55. The molecule has 3 aromatic rings. The Morgan fingerprint density at radius 1 is 1.29 bits per heavy atom. The minimum absolute atomic E-state index is 0.0871. The summed E-state index contributed by atoms with van der Waals surface area (Å²) in [5, 5.41) is 2.46. The average Bonchev–Trinajstić information content (AvgIpc) is 3.09. The fraction of sp³-hybridized carbons (Fsp3) is 0.222. The van der Waals surface area contributed by atoms with E-state index in [1.807, 2.05) is 11.0 Å². The Morgan fingerprint density at radius 3 is 2.75 bits per heavy atom. The van der Waals surface area contributed by atoms with Gasteiger partial charge in [-0.05, 0) is 42.7 Å². The van der Waals surface area contributed by atoms with Crippen LogP contribution in [0.3, 0.4) is 0 Å². The molecule has 1 amide bonds. The predicted octanol–water partition coefficient (Wildman–Crippen LogP) is 4.35. The number of halogens is 1. The number of rotatable bonds is 5. The topological polar surface area (TPSA) is 46.3 Å². The van der Waals surface area contributed by atoms with Gasteiger partial charge < -0.3 is 9.32 Å². The quantitative estimate of drug-likeness (QED) is 0.693. The summed E-state index contributed by atoms with van der Waals surface area (Å²) in [6, 6.07) is 10.1. The number of benzene rings is 1. The highest BCUT2D eigenvalue weighted by molar-refractivity contribution is 7.13. The van der Waals surface area contributed by atoms with Gasteiger partial charge in [0.25, 0.3) is 5.91 Å². The third-order valence-electron chi connectivity index (χ3n) is 3.97. The van der Waals surface area contributed by atoms with Crippen LogP contribution >= 0.6 is 11.3 Å². The van der Waals surface area contributed by atoms with E-state index in [2.05, 4.69) is 4.98 Å². The van der Waals surface area contributed by atoms with Gasteiger partial charge in [-0.2, -0.15) is 0 Å². The van der Waals surface area contributed by atoms with Crippen LogP contribution in [0.4, 0.5) is 4.39 Å². The van der Waals surface area contributed by atoms with Gasteiger partial charge in [-0.15, -0.1) is 11.3 Å². The largest absolute Gasteiger partial charge is 0.462 e. The highest BCUT2D eigenvalue weighted by Gasteiger charge is 2.34. The van der Waals surface area contributed by atoms with E-state index in [1.165, 1.54) is 23.5 Å². The molecule has 1 saturated carbocycles. The lowest BCUT2D eigenvalue weighted by Gasteiger charge is -2.21. The first-order valence-corrected chi connectivity index (χ1v) is 8.63. The zero-order valence-corrected chi connectivity index (χ0v) is 13.6. The van der Waals surface area contributed by atoms with Crippen molar-refractivity contribution < 1.29 is 13.6 Å². The number of hydrogen-bond acceptors (Lipinski definition) is 4. The highest BCUT2D eigenvalue weighted by Crippen LogP contribution is 2.31. The summed E-state index contributed by atoms with van der Waals surface area (Å²) in [6.07, 6.45) is 3.59. The van der Waals surface area contributed by atoms with Crippen molar-refractivity contribution in [2.45, 2.75) is 25.4 Å². The molecule has 4 rings (SSSR count). The van der Waals surface area contributed by atoms with Gasteiger partial charge in [-0.1, -0.05) is 12.1 Å². The zero-order valence-electron chi connectivity index (χ0n) is 12.8. The third kappa shape index (κ3) is 3.10. The molecule has 0 unspecified atom stereocenters. The maximum atomic E-state index is 13.1. The van der Waals surface area contributed by atoms with E-state index in [0.717, 1.165) is 18.4 Å². The second kappa shape index (κ2) is 6.20. The molecule has 1 aliphatic rings. The average molecular weight is 342 g/mol. The lowest BCUT2D eigenvalue weighted by atomic mass is 10.2. The van der Waals surface area contributed by atoms with Crippen LogP contribution in [0.5, 0.6) is 0 Å². The Kier molecular flexibility index (Phi) is 3.90. The molecule has 0 bridgehead atoms. The Hall–Kier alpha value is -2.47.